The van der Waals surface area contributed by atoms with E-state index in [0.29, 0.717) is 5.75 Å². The quantitative estimate of drug-likeness (QED) is 0.744. The normalized spacial score (nSPS) is 10.8. The fourth-order valence-corrected chi connectivity index (χ4v) is 2.00. The van der Waals surface area contributed by atoms with E-state index in [1.807, 2.05) is 0 Å². The van der Waals surface area contributed by atoms with Crippen LogP contribution in [-0.2, 0) is 16.1 Å². The summed E-state index contributed by atoms with van der Waals surface area (Å²) in [5.41, 5.74) is 0.822. The molecule has 0 heterocycles. The Morgan fingerprint density at radius 1 is 0.963 bits per heavy atom. The number of methoxy groups -OCH3 is 1. The highest BCUT2D eigenvalue weighted by Crippen LogP contribution is 2.22. The summed E-state index contributed by atoms with van der Waals surface area (Å²) in [6, 6.07) is 11.2. The van der Waals surface area contributed by atoms with Crippen LogP contribution in [0.5, 0.6) is 11.5 Å². The monoisotopic (exact) mass is 383 g/mol. The number of halogens is 3. The molecule has 0 bridgehead atoms. The number of carbonyl (C=O) groups excluding carboxylic acids is 2. The van der Waals surface area contributed by atoms with Crippen LogP contribution in [0.4, 0.5) is 13.2 Å². The van der Waals surface area contributed by atoms with E-state index in [-0.39, 0.29) is 12.1 Å². The summed E-state index contributed by atoms with van der Waals surface area (Å²) in [6.45, 7) is -0.278. The molecule has 0 unspecified atom stereocenters. The van der Waals surface area contributed by atoms with Gasteiger partial charge in [-0.05, 0) is 42.0 Å². The standard InChI is InChI=1S/C18H16F3NO5/c1-25-14-6-2-12(3-7-14)10-22-16(23)11-26-17(24)13-4-8-15(9-5-13)27-18(19,20)21/h2-9H,10-11H2,1H3,(H,22,23). The van der Waals surface area contributed by atoms with Crippen LogP contribution in [0.2, 0.25) is 0 Å². The van der Waals surface area contributed by atoms with Crippen LogP contribution in [0, 0.1) is 0 Å². The number of amides is 1. The number of hydrogen-bond donors (Lipinski definition) is 1. The van der Waals surface area contributed by atoms with E-state index >= 15 is 0 Å². The van der Waals surface area contributed by atoms with Gasteiger partial charge in [0.25, 0.3) is 5.91 Å². The second-order valence-electron chi connectivity index (χ2n) is 5.27. The van der Waals surface area contributed by atoms with Crippen LogP contribution in [0.25, 0.3) is 0 Å². The van der Waals surface area contributed by atoms with E-state index in [1.54, 1.807) is 31.4 Å². The first-order valence-corrected chi connectivity index (χ1v) is 7.69. The van der Waals surface area contributed by atoms with E-state index in [2.05, 4.69) is 10.1 Å². The molecule has 0 saturated heterocycles. The van der Waals surface area contributed by atoms with Gasteiger partial charge >= 0.3 is 12.3 Å². The maximum Gasteiger partial charge on any atom is 0.573 e. The third kappa shape index (κ3) is 6.89. The number of esters is 1. The molecule has 1 amide bonds. The van der Waals surface area contributed by atoms with Crippen molar-refractivity contribution in [3.8, 4) is 11.5 Å². The Hall–Kier alpha value is -3.23. The third-order valence-corrected chi connectivity index (χ3v) is 3.31. The van der Waals surface area contributed by atoms with Gasteiger partial charge in [0, 0.05) is 6.54 Å². The lowest BCUT2D eigenvalue weighted by molar-refractivity contribution is -0.274. The Bertz CT molecular complexity index is 773. The Balaban J connectivity index is 1.77. The zero-order valence-corrected chi connectivity index (χ0v) is 14.2. The van der Waals surface area contributed by atoms with Gasteiger partial charge in [-0.3, -0.25) is 4.79 Å². The molecule has 0 saturated carbocycles. The Morgan fingerprint density at radius 2 is 1.56 bits per heavy atom. The maximum absolute atomic E-state index is 12.1. The van der Waals surface area contributed by atoms with E-state index in [0.717, 1.165) is 29.8 Å². The average molecular weight is 383 g/mol. The molecule has 0 aromatic heterocycles. The van der Waals surface area contributed by atoms with Gasteiger partial charge in [-0.1, -0.05) is 12.1 Å². The predicted molar refractivity (Wildman–Crippen MR) is 88.2 cm³/mol. The highest BCUT2D eigenvalue weighted by atomic mass is 19.4. The lowest BCUT2D eigenvalue weighted by Gasteiger charge is -2.09. The van der Waals surface area contributed by atoms with Gasteiger partial charge < -0.3 is 19.5 Å². The van der Waals surface area contributed by atoms with Crippen molar-refractivity contribution in [2.24, 2.45) is 0 Å². The number of hydrogen-bond acceptors (Lipinski definition) is 5. The molecular formula is C18H16F3NO5. The summed E-state index contributed by atoms with van der Waals surface area (Å²) in [6.07, 6.45) is -4.82. The lowest BCUT2D eigenvalue weighted by atomic mass is 10.2. The van der Waals surface area contributed by atoms with Gasteiger partial charge in [-0.2, -0.15) is 0 Å². The van der Waals surface area contributed by atoms with Crippen molar-refractivity contribution >= 4 is 11.9 Å². The third-order valence-electron chi connectivity index (χ3n) is 3.31. The molecule has 2 aromatic rings. The molecule has 2 aromatic carbocycles. The van der Waals surface area contributed by atoms with Crippen molar-refractivity contribution in [3.05, 3.63) is 59.7 Å². The van der Waals surface area contributed by atoms with E-state index < -0.39 is 30.6 Å². The summed E-state index contributed by atoms with van der Waals surface area (Å²) in [4.78, 5) is 23.5. The molecule has 0 radical (unpaired) electrons. The van der Waals surface area contributed by atoms with E-state index in [1.165, 1.54) is 0 Å². The Kier molecular flexibility index (Phi) is 6.64. The summed E-state index contributed by atoms with van der Waals surface area (Å²) in [7, 11) is 1.54. The van der Waals surface area contributed by atoms with Crippen molar-refractivity contribution in [1.82, 2.24) is 5.32 Å². The zero-order chi connectivity index (χ0) is 19.9. The molecule has 0 atom stereocenters. The van der Waals surface area contributed by atoms with Gasteiger partial charge in [-0.25, -0.2) is 4.79 Å². The first kappa shape index (κ1) is 20.1. The number of benzene rings is 2. The van der Waals surface area contributed by atoms with E-state index in [9.17, 15) is 22.8 Å². The number of alkyl halides is 3. The summed E-state index contributed by atoms with van der Waals surface area (Å²) < 4.78 is 49.8. The second kappa shape index (κ2) is 8.93. The van der Waals surface area contributed by atoms with Crippen LogP contribution in [0.15, 0.2) is 48.5 Å². The minimum atomic E-state index is -4.82. The molecule has 0 aliphatic carbocycles. The Morgan fingerprint density at radius 3 is 2.11 bits per heavy atom. The fraction of sp³-hybridized carbons (Fsp3) is 0.222. The molecule has 6 nitrogen and oxygen atoms in total. The first-order chi connectivity index (χ1) is 12.8. The smallest absolute Gasteiger partial charge is 0.497 e. The maximum atomic E-state index is 12.1. The van der Waals surface area contributed by atoms with Crippen molar-refractivity contribution in [2.45, 2.75) is 12.9 Å². The number of nitrogens with one attached hydrogen (secondary N) is 1. The van der Waals surface area contributed by atoms with Crippen molar-refractivity contribution in [2.75, 3.05) is 13.7 Å². The van der Waals surface area contributed by atoms with Crippen LogP contribution >= 0.6 is 0 Å². The van der Waals surface area contributed by atoms with Crippen LogP contribution in [0.1, 0.15) is 15.9 Å². The van der Waals surface area contributed by atoms with Crippen molar-refractivity contribution < 1.29 is 37.0 Å². The van der Waals surface area contributed by atoms with Gasteiger partial charge in [-0.15, -0.1) is 13.2 Å². The van der Waals surface area contributed by atoms with Crippen LogP contribution < -0.4 is 14.8 Å². The molecule has 0 aliphatic rings. The summed E-state index contributed by atoms with van der Waals surface area (Å²) in [5, 5.41) is 2.58. The van der Waals surface area contributed by atoms with Gasteiger partial charge in [0.2, 0.25) is 0 Å². The zero-order valence-electron chi connectivity index (χ0n) is 14.2. The lowest BCUT2D eigenvalue weighted by Crippen LogP contribution is -2.28. The summed E-state index contributed by atoms with van der Waals surface area (Å²) in [5.74, 6) is -1.13. The highest BCUT2D eigenvalue weighted by Gasteiger charge is 2.31. The van der Waals surface area contributed by atoms with E-state index in [4.69, 9.17) is 9.47 Å². The molecule has 1 N–H and O–H groups in total. The fourth-order valence-electron chi connectivity index (χ4n) is 2.00. The van der Waals surface area contributed by atoms with Crippen LogP contribution in [-0.4, -0.2) is 32.0 Å². The van der Waals surface area contributed by atoms with Crippen molar-refractivity contribution in [3.63, 3.8) is 0 Å². The van der Waals surface area contributed by atoms with Crippen molar-refractivity contribution in [1.29, 1.82) is 0 Å². The molecule has 0 spiro atoms. The minimum absolute atomic E-state index is 0.00696. The second-order valence-corrected chi connectivity index (χ2v) is 5.27. The molecular weight excluding hydrogens is 367 g/mol. The molecule has 9 heteroatoms. The number of ether oxygens (including phenoxy) is 3. The SMILES string of the molecule is COc1ccc(CNC(=O)COC(=O)c2ccc(OC(F)(F)F)cc2)cc1. The Labute approximate surface area is 152 Å². The first-order valence-electron chi connectivity index (χ1n) is 7.69. The molecule has 2 rings (SSSR count). The van der Waals surface area contributed by atoms with Gasteiger partial charge in [0.05, 0.1) is 12.7 Å². The largest absolute Gasteiger partial charge is 0.573 e. The van der Waals surface area contributed by atoms with Gasteiger partial charge in [0.1, 0.15) is 11.5 Å². The average Bonchev–Trinajstić information content (AvgIpc) is 2.64. The topological polar surface area (TPSA) is 73.9 Å². The predicted octanol–water partition coefficient (Wildman–Crippen LogP) is 3.07. The van der Waals surface area contributed by atoms with Crippen LogP contribution in [0.3, 0.4) is 0 Å². The molecule has 144 valence electrons. The minimum Gasteiger partial charge on any atom is -0.497 e. The molecule has 0 fully saturated rings. The highest BCUT2D eigenvalue weighted by molar-refractivity contribution is 5.91. The molecule has 0 aliphatic heterocycles. The summed E-state index contributed by atoms with van der Waals surface area (Å²) >= 11 is 0. The number of carbonyl (C=O) groups is 2. The van der Waals surface area contributed by atoms with Gasteiger partial charge in [0.15, 0.2) is 6.61 Å². The number of rotatable bonds is 7. The molecule has 27 heavy (non-hydrogen) atoms.